The van der Waals surface area contributed by atoms with Gasteiger partial charge in [0.05, 0.1) is 11.5 Å². The zero-order chi connectivity index (χ0) is 16.4. The number of likely N-dealkylation sites (tertiary alicyclic amines) is 1. The van der Waals surface area contributed by atoms with Gasteiger partial charge in [-0.15, -0.1) is 0 Å². The van der Waals surface area contributed by atoms with Crippen LogP contribution in [0.2, 0.25) is 0 Å². The maximum absolute atomic E-state index is 13.2. The van der Waals surface area contributed by atoms with Crippen LogP contribution in [0, 0.1) is 5.82 Å². The standard InChI is InChI=1S/C15H19FN2O4S/c16-11-3-1-5-13(9-11)23(20,21)17-12-4-2-7-18(10-12)14-6-8-22-15(14)19/h1,3,5,9,12,14,17H,2,4,6-8,10H2/t12-,14-/m0/s1. The summed E-state index contributed by atoms with van der Waals surface area (Å²) in [6, 6.07) is 4.35. The lowest BCUT2D eigenvalue weighted by molar-refractivity contribution is -0.142. The summed E-state index contributed by atoms with van der Waals surface area (Å²) in [6.45, 7) is 1.62. The number of ether oxygens (including phenoxy) is 1. The number of esters is 1. The SMILES string of the molecule is O=C1OCC[C@@H]1N1CCC[C@H](NS(=O)(=O)c2cccc(F)c2)C1. The van der Waals surface area contributed by atoms with Gasteiger partial charge >= 0.3 is 5.97 Å². The van der Waals surface area contributed by atoms with E-state index in [9.17, 15) is 17.6 Å². The topological polar surface area (TPSA) is 75.7 Å². The first-order chi connectivity index (χ1) is 11.0. The zero-order valence-electron chi connectivity index (χ0n) is 12.6. The molecule has 8 heteroatoms. The predicted molar refractivity (Wildman–Crippen MR) is 80.7 cm³/mol. The van der Waals surface area contributed by atoms with Gasteiger partial charge < -0.3 is 4.74 Å². The van der Waals surface area contributed by atoms with Crippen LogP contribution < -0.4 is 4.72 Å². The number of carbonyl (C=O) groups excluding carboxylic acids is 1. The summed E-state index contributed by atoms with van der Waals surface area (Å²) < 4.78 is 45.5. The van der Waals surface area contributed by atoms with Gasteiger partial charge in [-0.25, -0.2) is 17.5 Å². The van der Waals surface area contributed by atoms with E-state index in [-0.39, 0.29) is 22.9 Å². The van der Waals surface area contributed by atoms with E-state index < -0.39 is 15.8 Å². The molecule has 0 unspecified atom stereocenters. The first-order valence-electron chi connectivity index (χ1n) is 7.64. The van der Waals surface area contributed by atoms with E-state index in [0.29, 0.717) is 26.0 Å². The van der Waals surface area contributed by atoms with Crippen molar-refractivity contribution in [2.45, 2.75) is 36.2 Å². The highest BCUT2D eigenvalue weighted by Crippen LogP contribution is 2.21. The summed E-state index contributed by atoms with van der Waals surface area (Å²) in [4.78, 5) is 13.6. The van der Waals surface area contributed by atoms with Crippen molar-refractivity contribution in [3.63, 3.8) is 0 Å². The lowest BCUT2D eigenvalue weighted by atomic mass is 10.0. The van der Waals surface area contributed by atoms with Crippen LogP contribution in [0.25, 0.3) is 0 Å². The van der Waals surface area contributed by atoms with E-state index in [1.54, 1.807) is 0 Å². The third-order valence-electron chi connectivity index (χ3n) is 4.23. The van der Waals surface area contributed by atoms with Crippen molar-refractivity contribution >= 4 is 16.0 Å². The molecular formula is C15H19FN2O4S. The number of nitrogens with zero attached hydrogens (tertiary/aromatic N) is 1. The number of benzene rings is 1. The molecule has 3 rings (SSSR count). The monoisotopic (exact) mass is 342 g/mol. The molecule has 2 aliphatic heterocycles. The summed E-state index contributed by atoms with van der Waals surface area (Å²) in [5.41, 5.74) is 0. The van der Waals surface area contributed by atoms with E-state index in [1.165, 1.54) is 18.2 Å². The lowest BCUT2D eigenvalue weighted by Gasteiger charge is -2.35. The van der Waals surface area contributed by atoms with E-state index in [2.05, 4.69) is 4.72 Å². The Bertz CT molecular complexity index is 694. The van der Waals surface area contributed by atoms with Crippen molar-refractivity contribution < 1.29 is 22.3 Å². The third kappa shape index (κ3) is 3.70. The first kappa shape index (κ1) is 16.4. The average molecular weight is 342 g/mol. The van der Waals surface area contributed by atoms with Crippen LogP contribution in [0.15, 0.2) is 29.2 Å². The second-order valence-electron chi connectivity index (χ2n) is 5.88. The number of piperidine rings is 1. The van der Waals surface area contributed by atoms with Crippen molar-refractivity contribution in [2.75, 3.05) is 19.7 Å². The average Bonchev–Trinajstić information content (AvgIpc) is 2.93. The highest BCUT2D eigenvalue weighted by atomic mass is 32.2. The zero-order valence-corrected chi connectivity index (χ0v) is 13.4. The quantitative estimate of drug-likeness (QED) is 0.822. The Morgan fingerprint density at radius 1 is 1.30 bits per heavy atom. The predicted octanol–water partition coefficient (Wildman–Crippen LogP) is 0.884. The largest absolute Gasteiger partial charge is 0.464 e. The molecule has 0 amide bonds. The number of sulfonamides is 1. The molecule has 2 aliphatic rings. The van der Waals surface area contributed by atoms with Crippen LogP contribution in [-0.2, 0) is 19.6 Å². The van der Waals surface area contributed by atoms with E-state index in [1.807, 2.05) is 4.90 Å². The Morgan fingerprint density at radius 3 is 2.83 bits per heavy atom. The van der Waals surface area contributed by atoms with Crippen LogP contribution >= 0.6 is 0 Å². The van der Waals surface area contributed by atoms with Crippen LogP contribution in [0.3, 0.4) is 0 Å². The summed E-state index contributed by atoms with van der Waals surface area (Å²) in [5, 5.41) is 0. The number of hydrogen-bond donors (Lipinski definition) is 1. The Hall–Kier alpha value is -1.51. The van der Waals surface area contributed by atoms with E-state index >= 15 is 0 Å². The maximum atomic E-state index is 13.2. The number of nitrogens with one attached hydrogen (secondary N) is 1. The first-order valence-corrected chi connectivity index (χ1v) is 9.12. The van der Waals surface area contributed by atoms with Crippen molar-refractivity contribution in [3.8, 4) is 0 Å². The molecule has 0 bridgehead atoms. The van der Waals surface area contributed by atoms with Crippen LogP contribution in [-0.4, -0.2) is 51.1 Å². The van der Waals surface area contributed by atoms with Crippen molar-refractivity contribution in [1.29, 1.82) is 0 Å². The van der Waals surface area contributed by atoms with Gasteiger partial charge in [-0.05, 0) is 37.6 Å². The fraction of sp³-hybridized carbons (Fsp3) is 0.533. The molecule has 0 spiro atoms. The molecule has 2 saturated heterocycles. The molecule has 0 aromatic heterocycles. The second-order valence-corrected chi connectivity index (χ2v) is 7.60. The second kappa shape index (κ2) is 6.54. The smallest absolute Gasteiger partial charge is 0.323 e. The Balaban J connectivity index is 1.68. The Kier molecular flexibility index (Phi) is 4.65. The van der Waals surface area contributed by atoms with Gasteiger partial charge in [0.15, 0.2) is 0 Å². The number of rotatable bonds is 4. The fourth-order valence-corrected chi connectivity index (χ4v) is 4.42. The van der Waals surface area contributed by atoms with Crippen LogP contribution in [0.5, 0.6) is 0 Å². The van der Waals surface area contributed by atoms with Gasteiger partial charge in [-0.3, -0.25) is 9.69 Å². The molecule has 23 heavy (non-hydrogen) atoms. The van der Waals surface area contributed by atoms with Gasteiger partial charge in [0.1, 0.15) is 11.9 Å². The molecule has 1 N–H and O–H groups in total. The molecule has 1 aromatic rings. The number of halogens is 1. The van der Waals surface area contributed by atoms with Gasteiger partial charge in [0.2, 0.25) is 10.0 Å². The van der Waals surface area contributed by atoms with E-state index in [0.717, 1.165) is 19.0 Å². The van der Waals surface area contributed by atoms with Crippen molar-refractivity contribution in [1.82, 2.24) is 9.62 Å². The number of hydrogen-bond acceptors (Lipinski definition) is 5. The molecule has 2 fully saturated rings. The molecule has 0 radical (unpaired) electrons. The fourth-order valence-electron chi connectivity index (χ4n) is 3.12. The number of cyclic esters (lactones) is 1. The highest BCUT2D eigenvalue weighted by Gasteiger charge is 2.36. The van der Waals surface area contributed by atoms with Gasteiger partial charge in [0, 0.05) is 19.0 Å². The molecule has 0 aliphatic carbocycles. The van der Waals surface area contributed by atoms with Crippen molar-refractivity contribution in [2.24, 2.45) is 0 Å². The van der Waals surface area contributed by atoms with E-state index in [4.69, 9.17) is 4.74 Å². The number of carbonyl (C=O) groups is 1. The Morgan fingerprint density at radius 2 is 2.13 bits per heavy atom. The normalized spacial score (nSPS) is 26.2. The van der Waals surface area contributed by atoms with Gasteiger partial charge in [0.25, 0.3) is 0 Å². The van der Waals surface area contributed by atoms with Crippen LogP contribution in [0.4, 0.5) is 4.39 Å². The maximum Gasteiger partial charge on any atom is 0.323 e. The summed E-state index contributed by atoms with van der Waals surface area (Å²) in [7, 11) is -3.78. The molecule has 6 nitrogen and oxygen atoms in total. The molecule has 2 atom stereocenters. The minimum Gasteiger partial charge on any atom is -0.464 e. The van der Waals surface area contributed by atoms with Gasteiger partial charge in [-0.2, -0.15) is 0 Å². The molecule has 1 aromatic carbocycles. The molecular weight excluding hydrogens is 323 g/mol. The Labute approximate surface area is 134 Å². The van der Waals surface area contributed by atoms with Crippen molar-refractivity contribution in [3.05, 3.63) is 30.1 Å². The minimum absolute atomic E-state index is 0.0881. The third-order valence-corrected chi connectivity index (χ3v) is 5.75. The van der Waals surface area contributed by atoms with Crippen LogP contribution in [0.1, 0.15) is 19.3 Å². The molecule has 126 valence electrons. The summed E-state index contributed by atoms with van der Waals surface area (Å²) in [5.74, 6) is -0.828. The summed E-state index contributed by atoms with van der Waals surface area (Å²) >= 11 is 0. The lowest BCUT2D eigenvalue weighted by Crippen LogP contribution is -2.52. The highest BCUT2D eigenvalue weighted by molar-refractivity contribution is 7.89. The molecule has 0 saturated carbocycles. The summed E-state index contributed by atoms with van der Waals surface area (Å²) in [6.07, 6.45) is 2.12. The van der Waals surface area contributed by atoms with Gasteiger partial charge in [-0.1, -0.05) is 6.07 Å². The molecule has 2 heterocycles. The minimum atomic E-state index is -3.78.